The number of carboxylic acids is 1. The number of aliphatic carboxylic acids is 1. The van der Waals surface area contributed by atoms with Crippen molar-refractivity contribution >= 4 is 5.97 Å². The Morgan fingerprint density at radius 2 is 2.42 bits per heavy atom. The Hall–Kier alpha value is -0.610. The molecule has 0 bridgehead atoms. The first-order valence-corrected chi connectivity index (χ1v) is 4.33. The molecule has 0 radical (unpaired) electrons. The van der Waals surface area contributed by atoms with Crippen molar-refractivity contribution in [2.45, 2.75) is 31.8 Å². The highest BCUT2D eigenvalue weighted by Gasteiger charge is 2.28. The van der Waals surface area contributed by atoms with Crippen molar-refractivity contribution in [2.24, 2.45) is 11.7 Å². The second kappa shape index (κ2) is 3.87. The van der Waals surface area contributed by atoms with E-state index in [9.17, 15) is 4.79 Å². The summed E-state index contributed by atoms with van der Waals surface area (Å²) in [5.41, 5.74) is 5.67. The maximum Gasteiger partial charge on any atom is 0.306 e. The van der Waals surface area contributed by atoms with Gasteiger partial charge >= 0.3 is 5.97 Å². The number of carbonyl (C=O) groups is 1. The third kappa shape index (κ3) is 2.19. The largest absolute Gasteiger partial charge is 0.481 e. The molecule has 4 N–H and O–H groups in total. The van der Waals surface area contributed by atoms with Crippen molar-refractivity contribution in [3.63, 3.8) is 0 Å². The molecule has 0 aromatic rings. The number of piperidine rings is 1. The Labute approximate surface area is 72.1 Å². The average molecular weight is 172 g/mol. The lowest BCUT2D eigenvalue weighted by Crippen LogP contribution is -2.49. The molecule has 1 aliphatic rings. The molecule has 0 spiro atoms. The Bertz CT molecular complexity index is 170. The quantitative estimate of drug-likeness (QED) is 0.538. The van der Waals surface area contributed by atoms with Crippen LogP contribution in [0.15, 0.2) is 0 Å². The third-order valence-corrected chi connectivity index (χ3v) is 2.42. The molecular weight excluding hydrogens is 156 g/mol. The minimum atomic E-state index is -0.692. The first kappa shape index (κ1) is 9.48. The molecular formula is C8H16N2O2. The monoisotopic (exact) mass is 172 g/mol. The molecule has 0 aromatic carbocycles. The fourth-order valence-electron chi connectivity index (χ4n) is 1.58. The highest BCUT2D eigenvalue weighted by Crippen LogP contribution is 2.17. The molecule has 12 heavy (non-hydrogen) atoms. The number of hydrogen-bond acceptors (Lipinski definition) is 3. The zero-order valence-electron chi connectivity index (χ0n) is 7.29. The fourth-order valence-corrected chi connectivity index (χ4v) is 1.58. The summed E-state index contributed by atoms with van der Waals surface area (Å²) in [7, 11) is 0. The van der Waals surface area contributed by atoms with Crippen LogP contribution in [0.1, 0.15) is 19.8 Å². The first-order valence-electron chi connectivity index (χ1n) is 4.33. The third-order valence-electron chi connectivity index (χ3n) is 2.42. The number of hydrogen-bond donors (Lipinski definition) is 3. The van der Waals surface area contributed by atoms with Crippen LogP contribution >= 0.6 is 0 Å². The van der Waals surface area contributed by atoms with Gasteiger partial charge in [-0.2, -0.15) is 0 Å². The van der Waals surface area contributed by atoms with Gasteiger partial charge in [-0.3, -0.25) is 4.79 Å². The highest BCUT2D eigenvalue weighted by atomic mass is 16.4. The van der Waals surface area contributed by atoms with Crippen molar-refractivity contribution in [3.05, 3.63) is 0 Å². The van der Waals surface area contributed by atoms with Gasteiger partial charge in [0, 0.05) is 12.1 Å². The molecule has 0 aliphatic carbocycles. The molecule has 4 nitrogen and oxygen atoms in total. The average Bonchev–Trinajstić information content (AvgIpc) is 2.04. The van der Waals surface area contributed by atoms with Crippen molar-refractivity contribution in [3.8, 4) is 0 Å². The van der Waals surface area contributed by atoms with E-state index in [4.69, 9.17) is 10.8 Å². The molecule has 0 amide bonds. The predicted molar refractivity (Wildman–Crippen MR) is 45.8 cm³/mol. The van der Waals surface area contributed by atoms with Gasteiger partial charge in [0.25, 0.3) is 0 Å². The Morgan fingerprint density at radius 3 is 2.92 bits per heavy atom. The van der Waals surface area contributed by atoms with Gasteiger partial charge in [0.05, 0.1) is 5.92 Å². The van der Waals surface area contributed by atoms with Gasteiger partial charge in [-0.05, 0) is 26.3 Å². The topological polar surface area (TPSA) is 75.4 Å². The van der Waals surface area contributed by atoms with Crippen molar-refractivity contribution in [1.29, 1.82) is 0 Å². The van der Waals surface area contributed by atoms with Crippen LogP contribution in [0.25, 0.3) is 0 Å². The predicted octanol–water partition coefficient (Wildman–Crippen LogP) is -0.214. The standard InChI is InChI=1S/C8H16N2O2/c1-5(9)7-4-6(8(11)12)2-3-10-7/h5-7,10H,2-4,9H2,1H3,(H,11,12). The SMILES string of the molecule is CC(N)C1CC(C(=O)O)CCN1. The van der Waals surface area contributed by atoms with Crippen LogP contribution < -0.4 is 11.1 Å². The van der Waals surface area contributed by atoms with Gasteiger partial charge in [0.1, 0.15) is 0 Å². The van der Waals surface area contributed by atoms with Gasteiger partial charge in [-0.1, -0.05) is 0 Å². The molecule has 0 saturated carbocycles. The Kier molecular flexibility index (Phi) is 3.05. The maximum atomic E-state index is 10.7. The summed E-state index contributed by atoms with van der Waals surface area (Å²) < 4.78 is 0. The van der Waals surface area contributed by atoms with E-state index in [0.29, 0.717) is 6.42 Å². The van der Waals surface area contributed by atoms with Gasteiger partial charge in [-0.25, -0.2) is 0 Å². The molecule has 0 aromatic heterocycles. The molecule has 1 rings (SSSR count). The van der Waals surface area contributed by atoms with Crippen LogP contribution in [0, 0.1) is 5.92 Å². The van der Waals surface area contributed by atoms with E-state index in [1.807, 2.05) is 6.92 Å². The van der Waals surface area contributed by atoms with Crippen LogP contribution in [-0.2, 0) is 4.79 Å². The summed E-state index contributed by atoms with van der Waals surface area (Å²) in [4.78, 5) is 10.7. The smallest absolute Gasteiger partial charge is 0.306 e. The van der Waals surface area contributed by atoms with Crippen molar-refractivity contribution in [1.82, 2.24) is 5.32 Å². The molecule has 1 heterocycles. The highest BCUT2D eigenvalue weighted by molar-refractivity contribution is 5.70. The van der Waals surface area contributed by atoms with Crippen LogP contribution in [0.2, 0.25) is 0 Å². The van der Waals surface area contributed by atoms with E-state index in [-0.39, 0.29) is 18.0 Å². The minimum absolute atomic E-state index is 0.0344. The van der Waals surface area contributed by atoms with E-state index in [0.717, 1.165) is 13.0 Å². The van der Waals surface area contributed by atoms with E-state index >= 15 is 0 Å². The fraction of sp³-hybridized carbons (Fsp3) is 0.875. The summed E-state index contributed by atoms with van der Waals surface area (Å²) in [6.07, 6.45) is 1.38. The Balaban J connectivity index is 2.46. The second-order valence-electron chi connectivity index (χ2n) is 3.48. The molecule has 1 fully saturated rings. The van der Waals surface area contributed by atoms with E-state index in [1.165, 1.54) is 0 Å². The van der Waals surface area contributed by atoms with Gasteiger partial charge in [0.2, 0.25) is 0 Å². The normalized spacial score (nSPS) is 32.8. The molecule has 4 heteroatoms. The lowest BCUT2D eigenvalue weighted by atomic mass is 9.90. The molecule has 3 unspecified atom stereocenters. The zero-order chi connectivity index (χ0) is 9.14. The Morgan fingerprint density at radius 1 is 1.75 bits per heavy atom. The number of carboxylic acid groups (broad SMARTS) is 1. The first-order chi connectivity index (χ1) is 5.61. The number of nitrogens with two attached hydrogens (primary N) is 1. The van der Waals surface area contributed by atoms with E-state index in [2.05, 4.69) is 5.32 Å². The van der Waals surface area contributed by atoms with Gasteiger partial charge in [-0.15, -0.1) is 0 Å². The second-order valence-corrected chi connectivity index (χ2v) is 3.48. The molecule has 1 aliphatic heterocycles. The van der Waals surface area contributed by atoms with Gasteiger partial charge < -0.3 is 16.2 Å². The summed E-state index contributed by atoms with van der Waals surface area (Å²) in [5, 5.41) is 12.0. The summed E-state index contributed by atoms with van der Waals surface area (Å²) >= 11 is 0. The van der Waals surface area contributed by atoms with Crippen molar-refractivity contribution in [2.75, 3.05) is 6.54 Å². The molecule has 3 atom stereocenters. The lowest BCUT2D eigenvalue weighted by molar-refractivity contribution is -0.143. The van der Waals surface area contributed by atoms with Crippen LogP contribution in [-0.4, -0.2) is 29.7 Å². The number of nitrogens with one attached hydrogen (secondary N) is 1. The zero-order valence-corrected chi connectivity index (χ0v) is 7.29. The summed E-state index contributed by atoms with van der Waals surface area (Å²) in [5.74, 6) is -0.899. The maximum absolute atomic E-state index is 10.7. The van der Waals surface area contributed by atoms with Crippen LogP contribution in [0.3, 0.4) is 0 Å². The lowest BCUT2D eigenvalue weighted by Gasteiger charge is -2.30. The van der Waals surface area contributed by atoms with E-state index < -0.39 is 5.97 Å². The minimum Gasteiger partial charge on any atom is -0.481 e. The van der Waals surface area contributed by atoms with Gasteiger partial charge in [0.15, 0.2) is 0 Å². The molecule has 70 valence electrons. The van der Waals surface area contributed by atoms with Crippen LogP contribution in [0.5, 0.6) is 0 Å². The summed E-state index contributed by atoms with van der Waals surface area (Å²) in [6.45, 7) is 2.67. The number of rotatable bonds is 2. The van der Waals surface area contributed by atoms with Crippen molar-refractivity contribution < 1.29 is 9.90 Å². The summed E-state index contributed by atoms with van der Waals surface area (Å²) in [6, 6.07) is 0.201. The van der Waals surface area contributed by atoms with E-state index in [1.54, 1.807) is 0 Å². The molecule has 1 saturated heterocycles. The van der Waals surface area contributed by atoms with Crippen LogP contribution in [0.4, 0.5) is 0 Å².